The van der Waals surface area contributed by atoms with Crippen LogP contribution >= 0.6 is 48.9 Å². The summed E-state index contributed by atoms with van der Waals surface area (Å²) in [5.74, 6) is 0.840. The summed E-state index contributed by atoms with van der Waals surface area (Å²) in [6, 6.07) is 8.24. The van der Waals surface area contributed by atoms with Gasteiger partial charge in [0.1, 0.15) is 11.6 Å². The number of carbonyl (C=O) groups is 1. The molecule has 0 aliphatic carbocycles. The van der Waals surface area contributed by atoms with E-state index in [2.05, 4.69) is 77.1 Å². The van der Waals surface area contributed by atoms with E-state index < -0.39 is 10.6 Å². The first-order valence-electron chi connectivity index (χ1n) is 15.1. The molecule has 2 aromatic rings. The van der Waals surface area contributed by atoms with Gasteiger partial charge >= 0.3 is 0 Å². The number of methoxy groups -OCH3 is 1. The van der Waals surface area contributed by atoms with Crippen LogP contribution in [-0.4, -0.2) is 67.8 Å². The lowest BCUT2D eigenvalue weighted by molar-refractivity contribution is -0.101. The van der Waals surface area contributed by atoms with E-state index in [4.69, 9.17) is 21.1 Å². The number of anilines is 1. The second-order valence-electron chi connectivity index (χ2n) is 11.2. The highest BCUT2D eigenvalue weighted by molar-refractivity contribution is 7.80. The van der Waals surface area contributed by atoms with Crippen LogP contribution in [0.2, 0.25) is 5.02 Å². The summed E-state index contributed by atoms with van der Waals surface area (Å²) in [6.07, 6.45) is 10.3. The molecule has 1 amide bonds. The maximum atomic E-state index is 13.4. The van der Waals surface area contributed by atoms with Gasteiger partial charge in [0.05, 0.1) is 15.4 Å². The molecule has 2 atom stereocenters. The van der Waals surface area contributed by atoms with Crippen molar-refractivity contribution < 1.29 is 27.4 Å². The number of allylic oxidation sites excluding steroid dienone is 4. The zero-order valence-electron chi connectivity index (χ0n) is 26.5. The van der Waals surface area contributed by atoms with Crippen molar-refractivity contribution in [3.8, 4) is 5.75 Å². The van der Waals surface area contributed by atoms with Crippen molar-refractivity contribution in [1.82, 2.24) is 15.0 Å². The number of thiol groups is 2. The number of nitrogens with zero attached hydrogens (tertiary/aromatic N) is 3. The molecule has 3 aliphatic rings. The second-order valence-corrected chi connectivity index (χ2v) is 12.5. The van der Waals surface area contributed by atoms with Gasteiger partial charge in [-0.05, 0) is 87.5 Å². The van der Waals surface area contributed by atoms with Crippen LogP contribution in [0.5, 0.6) is 5.75 Å². The van der Waals surface area contributed by atoms with E-state index in [9.17, 15) is 13.7 Å². The number of fused-ring (bicyclic) bond motifs is 2. The first-order chi connectivity index (χ1) is 22.5. The van der Waals surface area contributed by atoms with Crippen LogP contribution < -0.4 is 15.0 Å². The van der Waals surface area contributed by atoms with Gasteiger partial charge in [0.15, 0.2) is 6.79 Å². The summed E-state index contributed by atoms with van der Waals surface area (Å²) in [5, 5.41) is 3.50. The van der Waals surface area contributed by atoms with Gasteiger partial charge in [-0.15, -0.1) is 12.6 Å². The minimum atomic E-state index is -0.539. The van der Waals surface area contributed by atoms with Crippen molar-refractivity contribution in [2.45, 2.75) is 49.6 Å². The van der Waals surface area contributed by atoms with E-state index in [1.54, 1.807) is 7.11 Å². The van der Waals surface area contributed by atoms with Gasteiger partial charge in [0.2, 0.25) is 0 Å². The quantitative estimate of drug-likeness (QED) is 0.0605. The third-order valence-corrected chi connectivity index (χ3v) is 9.16. The van der Waals surface area contributed by atoms with Crippen molar-refractivity contribution >= 4 is 60.5 Å². The molecular weight excluding hydrogens is 689 g/mol. The van der Waals surface area contributed by atoms with Crippen LogP contribution in [0, 0.1) is 18.7 Å². The van der Waals surface area contributed by atoms with Crippen molar-refractivity contribution in [3.63, 3.8) is 0 Å². The van der Waals surface area contributed by atoms with Gasteiger partial charge in [0.25, 0.3) is 5.91 Å². The first-order valence-corrected chi connectivity index (χ1v) is 16.6. The number of rotatable bonds is 9. The van der Waals surface area contributed by atoms with E-state index >= 15 is 0 Å². The smallest absolute Gasteiger partial charge is 0.255 e. The Kier molecular flexibility index (Phi) is 16.4. The Labute approximate surface area is 297 Å². The van der Waals surface area contributed by atoms with Crippen molar-refractivity contribution in [1.29, 1.82) is 0 Å². The molecule has 3 saturated heterocycles. The van der Waals surface area contributed by atoms with Gasteiger partial charge in [-0.1, -0.05) is 47.5 Å². The average Bonchev–Trinajstić information content (AvgIpc) is 3.32. The number of amides is 1. The zero-order valence-corrected chi connectivity index (χ0v) is 29.8. The number of halogens is 4. The van der Waals surface area contributed by atoms with Crippen molar-refractivity contribution in [2.24, 2.45) is 5.92 Å². The zero-order chi connectivity index (χ0) is 34.5. The van der Waals surface area contributed by atoms with Gasteiger partial charge in [0, 0.05) is 73.1 Å². The molecule has 0 spiro atoms. The van der Waals surface area contributed by atoms with E-state index in [1.165, 1.54) is 36.6 Å². The number of likely N-dealkylation sites (tertiary alicyclic amines) is 1. The van der Waals surface area contributed by atoms with E-state index in [0.29, 0.717) is 24.6 Å². The summed E-state index contributed by atoms with van der Waals surface area (Å²) in [6.45, 7) is 13.2. The van der Waals surface area contributed by atoms with E-state index in [-0.39, 0.29) is 29.8 Å². The monoisotopic (exact) mass is 730 g/mol. The number of hydrogen-bond acceptors (Lipinski definition) is 9. The van der Waals surface area contributed by atoms with Crippen LogP contribution in [0.1, 0.15) is 41.6 Å². The van der Waals surface area contributed by atoms with Gasteiger partial charge < -0.3 is 24.6 Å². The summed E-state index contributed by atoms with van der Waals surface area (Å²) in [7, 11) is 1.59. The number of piperidine rings is 1. The van der Waals surface area contributed by atoms with Crippen LogP contribution in [0.15, 0.2) is 72.2 Å². The average molecular weight is 732 g/mol. The fourth-order valence-corrected chi connectivity index (χ4v) is 6.64. The molecule has 0 saturated carbocycles. The van der Waals surface area contributed by atoms with Crippen LogP contribution in [0.3, 0.4) is 0 Å². The third kappa shape index (κ3) is 11.1. The lowest BCUT2D eigenvalue weighted by Gasteiger charge is -2.43. The minimum absolute atomic E-state index is 0.147. The molecule has 1 N–H and O–H groups in total. The number of ether oxygens (including phenoxy) is 2. The van der Waals surface area contributed by atoms with E-state index in [0.717, 1.165) is 47.8 Å². The summed E-state index contributed by atoms with van der Waals surface area (Å²) < 4.78 is 38.2. The van der Waals surface area contributed by atoms with E-state index in [1.807, 2.05) is 30.0 Å². The molecule has 2 bridgehead atoms. The fraction of sp³-hybridized carbons (Fsp3) is 0.424. The van der Waals surface area contributed by atoms with Crippen LogP contribution in [-0.2, 0) is 9.02 Å². The molecule has 14 heteroatoms. The molecular formula is C33H42Cl2F2N4O4S2. The SMILES string of the molecule is C=C/C=C(\C=C)C1CCNCC1.COCOc1cc(S)cc(N2C3CCC2CN(C(=O)c2ccc(F)cc2Cl)C3)c1C.FN(Cl)OS. The first kappa shape index (κ1) is 39.2. The molecule has 47 heavy (non-hydrogen) atoms. The molecule has 3 aliphatic heterocycles. The van der Waals surface area contributed by atoms with Crippen molar-refractivity contribution in [2.75, 3.05) is 45.0 Å². The highest BCUT2D eigenvalue weighted by atomic mass is 35.5. The predicted octanol–water partition coefficient (Wildman–Crippen LogP) is 7.94. The highest BCUT2D eigenvalue weighted by Crippen LogP contribution is 2.41. The fourth-order valence-electron chi connectivity index (χ4n) is 6.16. The number of piperazine rings is 1. The Morgan fingerprint density at radius 1 is 1.15 bits per heavy atom. The normalized spacial score (nSPS) is 19.4. The number of benzene rings is 2. The largest absolute Gasteiger partial charge is 0.467 e. The minimum Gasteiger partial charge on any atom is -0.467 e. The maximum absolute atomic E-state index is 13.4. The van der Waals surface area contributed by atoms with Gasteiger partial charge in [-0.25, -0.2) is 4.39 Å². The number of hydrogen-bond donors (Lipinski definition) is 3. The number of carbonyl (C=O) groups excluding carboxylic acids is 1. The summed E-state index contributed by atoms with van der Waals surface area (Å²) >= 11 is 17.9. The highest BCUT2D eigenvalue weighted by Gasteiger charge is 2.42. The van der Waals surface area contributed by atoms with Gasteiger partial charge in [-0.3, -0.25) is 4.79 Å². The van der Waals surface area contributed by atoms with Crippen LogP contribution in [0.25, 0.3) is 0 Å². The molecule has 2 unspecified atom stereocenters. The molecule has 0 radical (unpaired) electrons. The van der Waals surface area contributed by atoms with Crippen LogP contribution in [0.4, 0.5) is 14.6 Å². The summed E-state index contributed by atoms with van der Waals surface area (Å²) in [4.78, 5) is 17.5. The Morgan fingerprint density at radius 2 is 1.79 bits per heavy atom. The van der Waals surface area contributed by atoms with Gasteiger partial charge in [-0.2, -0.15) is 4.28 Å². The number of nitrogens with one attached hydrogen (secondary N) is 1. The predicted molar refractivity (Wildman–Crippen MR) is 190 cm³/mol. The molecule has 3 heterocycles. The molecule has 0 aromatic heterocycles. The molecule has 2 aromatic carbocycles. The Morgan fingerprint density at radius 3 is 2.32 bits per heavy atom. The summed E-state index contributed by atoms with van der Waals surface area (Å²) in [5.41, 5.74) is 3.79. The standard InChI is InChI=1S/C22H24ClFN2O3S.C11H17N.ClFHNOS/c1-13-20(8-17(30)9-21(13)29-12-28-2)26-15-4-5-16(26)11-25(10-15)22(27)18-6-3-14(24)7-19(18)23;1-3-5-10(4-2)11-6-8-12-9-7-11;1-3(2)4-5/h3,6-9,15-16,30H,4-5,10-12H2,1-2H3;3-5,11-12H,1-2,6-9H2;5H/b;10-5+;. The third-order valence-electron chi connectivity index (χ3n) is 8.28. The molecule has 8 nitrogen and oxygen atoms in total. The Hall–Kier alpha value is -2.29. The topological polar surface area (TPSA) is 66.5 Å². The Balaban J connectivity index is 0.000000291. The molecule has 258 valence electrons. The molecule has 3 fully saturated rings. The molecule has 5 rings (SSSR count). The maximum Gasteiger partial charge on any atom is 0.255 e. The lowest BCUT2D eigenvalue weighted by atomic mass is 9.90. The van der Waals surface area contributed by atoms with Crippen molar-refractivity contribution in [3.05, 3.63) is 89.3 Å². The Bertz CT molecular complexity index is 1380. The second kappa shape index (κ2) is 19.6. The lowest BCUT2D eigenvalue weighted by Crippen LogP contribution is -2.55.